The van der Waals surface area contributed by atoms with Gasteiger partial charge in [-0.1, -0.05) is 43.7 Å². The van der Waals surface area contributed by atoms with Gasteiger partial charge in [-0.25, -0.2) is 0 Å². The third-order valence-corrected chi connectivity index (χ3v) is 3.39. The molecule has 0 aliphatic carbocycles. The molecule has 0 aliphatic heterocycles. The first-order valence-corrected chi connectivity index (χ1v) is 6.67. The second-order valence-corrected chi connectivity index (χ2v) is 4.78. The van der Waals surface area contributed by atoms with Gasteiger partial charge in [0.1, 0.15) is 0 Å². The highest BCUT2D eigenvalue weighted by atomic mass is 15.1. The summed E-state index contributed by atoms with van der Waals surface area (Å²) in [5.74, 6) is 0.567. The maximum absolute atomic E-state index is 5.88. The van der Waals surface area contributed by atoms with Crippen LogP contribution < -0.4 is 5.73 Å². The van der Waals surface area contributed by atoms with E-state index in [1.165, 1.54) is 11.1 Å². The summed E-state index contributed by atoms with van der Waals surface area (Å²) in [5.41, 5.74) is 8.60. The summed E-state index contributed by atoms with van der Waals surface area (Å²) < 4.78 is 0. The Morgan fingerprint density at radius 2 is 1.71 bits per heavy atom. The lowest BCUT2D eigenvalue weighted by Gasteiger charge is -2.24. The van der Waals surface area contributed by atoms with Crippen LogP contribution in [0.3, 0.4) is 0 Å². The third-order valence-electron chi connectivity index (χ3n) is 3.39. The molecule has 1 unspecified atom stereocenters. The largest absolute Gasteiger partial charge is 0.330 e. The van der Waals surface area contributed by atoms with Gasteiger partial charge in [-0.05, 0) is 44.5 Å². The normalized spacial score (nSPS) is 13.0. The predicted molar refractivity (Wildman–Crippen MR) is 75.2 cm³/mol. The quantitative estimate of drug-likeness (QED) is 0.785. The van der Waals surface area contributed by atoms with Crippen LogP contribution in [0.15, 0.2) is 24.3 Å². The zero-order valence-electron chi connectivity index (χ0n) is 11.4. The molecule has 2 N–H and O–H groups in total. The second-order valence-electron chi connectivity index (χ2n) is 4.78. The highest BCUT2D eigenvalue weighted by molar-refractivity contribution is 5.21. The fourth-order valence-corrected chi connectivity index (χ4v) is 2.13. The molecule has 0 aromatic heterocycles. The van der Waals surface area contributed by atoms with Gasteiger partial charge in [0, 0.05) is 6.54 Å². The Balaban J connectivity index is 2.54. The average molecular weight is 234 g/mol. The number of aryl methyl sites for hydroxylation is 1. The topological polar surface area (TPSA) is 29.3 Å². The molecule has 0 radical (unpaired) electrons. The molecule has 1 atom stereocenters. The van der Waals surface area contributed by atoms with E-state index in [1.54, 1.807) is 0 Å². The Morgan fingerprint density at radius 1 is 1.12 bits per heavy atom. The number of hydrogen-bond donors (Lipinski definition) is 1. The van der Waals surface area contributed by atoms with Crippen molar-refractivity contribution in [3.63, 3.8) is 0 Å². The van der Waals surface area contributed by atoms with E-state index in [2.05, 4.69) is 49.9 Å². The molecular weight excluding hydrogens is 208 g/mol. The molecule has 96 valence electrons. The maximum Gasteiger partial charge on any atom is 0.00247 e. The zero-order valence-corrected chi connectivity index (χ0v) is 11.4. The molecule has 0 saturated heterocycles. The van der Waals surface area contributed by atoms with Gasteiger partial charge >= 0.3 is 0 Å². The number of nitrogens with zero attached hydrogens (tertiary/aromatic N) is 1. The highest BCUT2D eigenvalue weighted by Crippen LogP contribution is 2.11. The molecule has 0 heterocycles. The van der Waals surface area contributed by atoms with Gasteiger partial charge in [-0.3, -0.25) is 0 Å². The van der Waals surface area contributed by atoms with Crippen molar-refractivity contribution in [3.05, 3.63) is 35.4 Å². The SMILES string of the molecule is CCN(CC)CC(CN)Cc1ccc(C)cc1. The third kappa shape index (κ3) is 4.88. The van der Waals surface area contributed by atoms with E-state index in [4.69, 9.17) is 5.73 Å². The standard InChI is InChI=1S/C15H26N2/c1-4-17(5-2)12-15(11-16)10-14-8-6-13(3)7-9-14/h6-9,15H,4-5,10-12,16H2,1-3H3. The predicted octanol–water partition coefficient (Wildman–Crippen LogP) is 2.45. The fourth-order valence-electron chi connectivity index (χ4n) is 2.13. The van der Waals surface area contributed by atoms with Crippen LogP contribution in [0.4, 0.5) is 0 Å². The van der Waals surface area contributed by atoms with Crippen LogP contribution in [0.1, 0.15) is 25.0 Å². The van der Waals surface area contributed by atoms with Crippen molar-refractivity contribution in [1.82, 2.24) is 4.90 Å². The van der Waals surface area contributed by atoms with E-state index >= 15 is 0 Å². The van der Waals surface area contributed by atoms with Crippen LogP contribution >= 0.6 is 0 Å². The first kappa shape index (κ1) is 14.2. The Bertz CT molecular complexity index is 301. The van der Waals surface area contributed by atoms with Crippen molar-refractivity contribution in [3.8, 4) is 0 Å². The van der Waals surface area contributed by atoms with Gasteiger partial charge in [0.05, 0.1) is 0 Å². The molecule has 0 bridgehead atoms. The van der Waals surface area contributed by atoms with E-state index in [0.29, 0.717) is 5.92 Å². The lowest BCUT2D eigenvalue weighted by Crippen LogP contribution is -2.33. The lowest BCUT2D eigenvalue weighted by molar-refractivity contribution is 0.254. The Morgan fingerprint density at radius 3 is 2.18 bits per heavy atom. The molecule has 2 nitrogen and oxygen atoms in total. The number of benzene rings is 1. The van der Waals surface area contributed by atoms with Gasteiger partial charge in [-0.15, -0.1) is 0 Å². The van der Waals surface area contributed by atoms with Crippen molar-refractivity contribution in [2.45, 2.75) is 27.2 Å². The molecule has 17 heavy (non-hydrogen) atoms. The molecular formula is C15H26N2. The summed E-state index contributed by atoms with van der Waals surface area (Å²) in [6, 6.07) is 8.81. The monoisotopic (exact) mass is 234 g/mol. The summed E-state index contributed by atoms with van der Waals surface area (Å²) >= 11 is 0. The van der Waals surface area contributed by atoms with E-state index < -0.39 is 0 Å². The molecule has 2 heteroatoms. The van der Waals surface area contributed by atoms with Crippen molar-refractivity contribution in [1.29, 1.82) is 0 Å². The van der Waals surface area contributed by atoms with Crippen molar-refractivity contribution < 1.29 is 0 Å². The Labute approximate surface area is 106 Å². The molecule has 1 rings (SSSR count). The van der Waals surface area contributed by atoms with Crippen LogP contribution in [0.2, 0.25) is 0 Å². The first-order chi connectivity index (χ1) is 8.19. The van der Waals surface area contributed by atoms with Gasteiger partial charge in [-0.2, -0.15) is 0 Å². The average Bonchev–Trinajstić information content (AvgIpc) is 2.37. The van der Waals surface area contributed by atoms with Crippen molar-refractivity contribution >= 4 is 0 Å². The lowest BCUT2D eigenvalue weighted by atomic mass is 9.98. The minimum Gasteiger partial charge on any atom is -0.330 e. The first-order valence-electron chi connectivity index (χ1n) is 6.67. The summed E-state index contributed by atoms with van der Waals surface area (Å²) in [7, 11) is 0. The van der Waals surface area contributed by atoms with Gasteiger partial charge in [0.15, 0.2) is 0 Å². The smallest absolute Gasteiger partial charge is 0.00247 e. The summed E-state index contributed by atoms with van der Waals surface area (Å²) in [4.78, 5) is 2.45. The summed E-state index contributed by atoms with van der Waals surface area (Å²) in [5, 5.41) is 0. The van der Waals surface area contributed by atoms with Gasteiger partial charge < -0.3 is 10.6 Å². The molecule has 0 amide bonds. The zero-order chi connectivity index (χ0) is 12.7. The molecule has 1 aromatic rings. The van der Waals surface area contributed by atoms with Crippen LogP contribution in [0.25, 0.3) is 0 Å². The molecule has 0 saturated carbocycles. The molecule has 1 aromatic carbocycles. The van der Waals surface area contributed by atoms with Crippen LogP contribution in [-0.2, 0) is 6.42 Å². The number of hydrogen-bond acceptors (Lipinski definition) is 2. The van der Waals surface area contributed by atoms with Crippen LogP contribution in [0, 0.1) is 12.8 Å². The minimum absolute atomic E-state index is 0.567. The van der Waals surface area contributed by atoms with Crippen LogP contribution in [0.5, 0.6) is 0 Å². The fraction of sp³-hybridized carbons (Fsp3) is 0.600. The summed E-state index contributed by atoms with van der Waals surface area (Å²) in [6.45, 7) is 10.6. The number of rotatable bonds is 7. The van der Waals surface area contributed by atoms with Gasteiger partial charge in [0.25, 0.3) is 0 Å². The maximum atomic E-state index is 5.88. The van der Waals surface area contributed by atoms with Crippen molar-refractivity contribution in [2.75, 3.05) is 26.2 Å². The number of nitrogens with two attached hydrogens (primary N) is 1. The summed E-state index contributed by atoms with van der Waals surface area (Å²) in [6.07, 6.45) is 1.09. The Hall–Kier alpha value is -0.860. The highest BCUT2D eigenvalue weighted by Gasteiger charge is 2.11. The van der Waals surface area contributed by atoms with E-state index in [0.717, 1.165) is 32.6 Å². The minimum atomic E-state index is 0.567. The van der Waals surface area contributed by atoms with Gasteiger partial charge in [0.2, 0.25) is 0 Å². The van der Waals surface area contributed by atoms with Crippen molar-refractivity contribution in [2.24, 2.45) is 11.7 Å². The van der Waals surface area contributed by atoms with E-state index in [-0.39, 0.29) is 0 Å². The second kappa shape index (κ2) is 7.46. The molecule has 0 aliphatic rings. The van der Waals surface area contributed by atoms with E-state index in [9.17, 15) is 0 Å². The molecule has 0 spiro atoms. The van der Waals surface area contributed by atoms with E-state index in [1.807, 2.05) is 0 Å². The Kier molecular flexibility index (Phi) is 6.23. The molecule has 0 fully saturated rings. The van der Waals surface area contributed by atoms with Crippen LogP contribution in [-0.4, -0.2) is 31.1 Å².